The van der Waals surface area contributed by atoms with Gasteiger partial charge in [0, 0.05) is 12.1 Å². The number of benzene rings is 1. The van der Waals surface area contributed by atoms with E-state index >= 15 is 0 Å². The molecule has 0 saturated heterocycles. The van der Waals surface area contributed by atoms with Gasteiger partial charge in [-0.15, -0.1) is 0 Å². The fraction of sp³-hybridized carbons (Fsp3) is 0.417. The summed E-state index contributed by atoms with van der Waals surface area (Å²) in [7, 11) is 0. The van der Waals surface area contributed by atoms with E-state index in [9.17, 15) is 15.0 Å². The second-order valence-corrected chi connectivity index (χ2v) is 4.57. The highest BCUT2D eigenvalue weighted by Crippen LogP contribution is 2.24. The Bertz CT molecular complexity index is 436. The molecule has 1 amide bonds. The number of aliphatic hydroxyl groups excluding tert-OH is 2. The van der Waals surface area contributed by atoms with Crippen LogP contribution < -0.4 is 5.32 Å². The Hall–Kier alpha value is -1.04. The van der Waals surface area contributed by atoms with E-state index in [2.05, 4.69) is 17.9 Å². The summed E-state index contributed by atoms with van der Waals surface area (Å²) in [5.41, 5.74) is 2.07. The van der Waals surface area contributed by atoms with Crippen LogP contribution >= 0.6 is 12.6 Å². The maximum Gasteiger partial charge on any atom is 0.251 e. The largest absolute Gasteiger partial charge is 0.390 e. The van der Waals surface area contributed by atoms with Gasteiger partial charge in [0.25, 0.3) is 5.91 Å². The van der Waals surface area contributed by atoms with E-state index in [1.54, 1.807) is 18.2 Å². The van der Waals surface area contributed by atoms with Crippen molar-refractivity contribution in [1.29, 1.82) is 0 Å². The van der Waals surface area contributed by atoms with E-state index < -0.39 is 12.2 Å². The fourth-order valence-corrected chi connectivity index (χ4v) is 2.19. The predicted octanol–water partition coefficient (Wildman–Crippen LogP) is 0.644. The first-order valence-corrected chi connectivity index (χ1v) is 6.14. The van der Waals surface area contributed by atoms with Gasteiger partial charge in [0.15, 0.2) is 0 Å². The van der Waals surface area contributed by atoms with Crippen LogP contribution in [-0.4, -0.2) is 28.0 Å². The average molecular weight is 253 g/mol. The molecular weight excluding hydrogens is 238 g/mol. The third-order valence-electron chi connectivity index (χ3n) is 2.95. The van der Waals surface area contributed by atoms with Crippen LogP contribution in [0.2, 0.25) is 0 Å². The van der Waals surface area contributed by atoms with Crippen LogP contribution in [0.15, 0.2) is 18.2 Å². The summed E-state index contributed by atoms with van der Waals surface area (Å²) in [6, 6.07) is 5.19. The van der Waals surface area contributed by atoms with Crippen LogP contribution in [0, 0.1) is 0 Å². The van der Waals surface area contributed by atoms with Crippen molar-refractivity contribution in [1.82, 2.24) is 5.32 Å². The molecule has 92 valence electrons. The van der Waals surface area contributed by atoms with Crippen molar-refractivity contribution in [2.45, 2.75) is 25.2 Å². The predicted molar refractivity (Wildman–Crippen MR) is 67.0 cm³/mol. The summed E-state index contributed by atoms with van der Waals surface area (Å²) < 4.78 is 0. The fourth-order valence-electron chi connectivity index (χ4n) is 1.93. The SMILES string of the molecule is O=C1NCc2ccc(C(O)C(O)CCS)cc21. The molecule has 4 nitrogen and oxygen atoms in total. The molecule has 0 bridgehead atoms. The van der Waals surface area contributed by atoms with Gasteiger partial charge >= 0.3 is 0 Å². The average Bonchev–Trinajstić information content (AvgIpc) is 2.70. The van der Waals surface area contributed by atoms with Crippen LogP contribution in [0.1, 0.15) is 34.0 Å². The molecule has 1 aromatic rings. The molecule has 2 unspecified atom stereocenters. The van der Waals surface area contributed by atoms with Crippen molar-refractivity contribution in [3.63, 3.8) is 0 Å². The molecule has 3 N–H and O–H groups in total. The van der Waals surface area contributed by atoms with Gasteiger partial charge in [-0.25, -0.2) is 0 Å². The second kappa shape index (κ2) is 5.08. The van der Waals surface area contributed by atoms with Crippen molar-refractivity contribution < 1.29 is 15.0 Å². The Kier molecular flexibility index (Phi) is 3.71. The van der Waals surface area contributed by atoms with Gasteiger partial charge in [-0.05, 0) is 29.4 Å². The van der Waals surface area contributed by atoms with Gasteiger partial charge < -0.3 is 15.5 Å². The van der Waals surface area contributed by atoms with E-state index in [4.69, 9.17) is 0 Å². The first-order valence-electron chi connectivity index (χ1n) is 5.51. The molecular formula is C12H15NO3S. The molecule has 1 heterocycles. The molecule has 0 spiro atoms. The summed E-state index contributed by atoms with van der Waals surface area (Å²) in [5.74, 6) is 0.377. The van der Waals surface area contributed by atoms with Crippen molar-refractivity contribution in [3.05, 3.63) is 34.9 Å². The molecule has 1 aliphatic rings. The summed E-state index contributed by atoms with van der Waals surface area (Å²) in [5, 5.41) is 22.3. The van der Waals surface area contributed by atoms with Crippen LogP contribution in [0.25, 0.3) is 0 Å². The minimum absolute atomic E-state index is 0.127. The van der Waals surface area contributed by atoms with E-state index in [0.717, 1.165) is 5.56 Å². The van der Waals surface area contributed by atoms with E-state index in [0.29, 0.717) is 29.8 Å². The lowest BCUT2D eigenvalue weighted by Crippen LogP contribution is -2.19. The number of nitrogens with one attached hydrogen (secondary N) is 1. The highest BCUT2D eigenvalue weighted by Gasteiger charge is 2.23. The number of aliphatic hydroxyl groups is 2. The van der Waals surface area contributed by atoms with Crippen LogP contribution in [0.5, 0.6) is 0 Å². The lowest BCUT2D eigenvalue weighted by atomic mass is 9.98. The maximum absolute atomic E-state index is 11.5. The number of carbonyl (C=O) groups excluding carboxylic acids is 1. The molecule has 1 aromatic carbocycles. The highest BCUT2D eigenvalue weighted by atomic mass is 32.1. The van der Waals surface area contributed by atoms with E-state index in [-0.39, 0.29) is 5.91 Å². The van der Waals surface area contributed by atoms with Gasteiger partial charge in [-0.3, -0.25) is 4.79 Å². The Balaban J connectivity index is 2.22. The lowest BCUT2D eigenvalue weighted by Gasteiger charge is -2.17. The van der Waals surface area contributed by atoms with Crippen molar-refractivity contribution in [2.24, 2.45) is 0 Å². The molecule has 5 heteroatoms. The molecule has 1 aliphatic heterocycles. The van der Waals surface area contributed by atoms with Gasteiger partial charge in [0.2, 0.25) is 0 Å². The number of thiol groups is 1. The van der Waals surface area contributed by atoms with Crippen LogP contribution in [0.3, 0.4) is 0 Å². The minimum Gasteiger partial charge on any atom is -0.390 e. The highest BCUT2D eigenvalue weighted by molar-refractivity contribution is 7.80. The molecule has 17 heavy (non-hydrogen) atoms. The Labute approximate surface area is 105 Å². The summed E-state index contributed by atoms with van der Waals surface area (Å²) in [4.78, 5) is 11.5. The van der Waals surface area contributed by atoms with Gasteiger partial charge in [0.05, 0.1) is 6.10 Å². The zero-order valence-corrected chi connectivity index (χ0v) is 10.2. The van der Waals surface area contributed by atoms with Crippen LogP contribution in [0.4, 0.5) is 0 Å². The third-order valence-corrected chi connectivity index (χ3v) is 3.21. The normalized spacial score (nSPS) is 17.5. The second-order valence-electron chi connectivity index (χ2n) is 4.12. The molecule has 0 radical (unpaired) electrons. The van der Waals surface area contributed by atoms with E-state index in [1.807, 2.05) is 0 Å². The minimum atomic E-state index is -0.971. The molecule has 0 aliphatic carbocycles. The third kappa shape index (κ3) is 2.46. The Morgan fingerprint density at radius 1 is 1.41 bits per heavy atom. The molecule has 0 aromatic heterocycles. The molecule has 0 saturated carbocycles. The molecule has 2 rings (SSSR count). The number of hydrogen-bond donors (Lipinski definition) is 4. The first kappa shape index (κ1) is 12.4. The van der Waals surface area contributed by atoms with Crippen molar-refractivity contribution in [3.8, 4) is 0 Å². The zero-order chi connectivity index (χ0) is 12.4. The first-order chi connectivity index (χ1) is 8.13. The van der Waals surface area contributed by atoms with Gasteiger partial charge in [-0.2, -0.15) is 12.6 Å². The Morgan fingerprint density at radius 2 is 2.18 bits per heavy atom. The molecule has 2 atom stereocenters. The number of fused-ring (bicyclic) bond motifs is 1. The summed E-state index contributed by atoms with van der Waals surface area (Å²) in [6.45, 7) is 0.531. The summed E-state index contributed by atoms with van der Waals surface area (Å²) in [6.07, 6.45) is -1.41. The standard InChI is InChI=1S/C12H15NO3S/c14-10(3-4-17)11(15)7-1-2-8-6-13-12(16)9(8)5-7/h1-2,5,10-11,14-15,17H,3-4,6H2,(H,13,16). The van der Waals surface area contributed by atoms with Crippen LogP contribution in [-0.2, 0) is 6.54 Å². The Morgan fingerprint density at radius 3 is 2.88 bits per heavy atom. The monoisotopic (exact) mass is 253 g/mol. The van der Waals surface area contributed by atoms with E-state index in [1.165, 1.54) is 0 Å². The van der Waals surface area contributed by atoms with Gasteiger partial charge in [0.1, 0.15) is 6.10 Å². The number of hydrogen-bond acceptors (Lipinski definition) is 4. The number of rotatable bonds is 4. The van der Waals surface area contributed by atoms with Gasteiger partial charge in [-0.1, -0.05) is 12.1 Å². The quantitative estimate of drug-likeness (QED) is 0.595. The summed E-state index contributed by atoms with van der Waals surface area (Å²) >= 11 is 4.01. The molecule has 0 fully saturated rings. The zero-order valence-electron chi connectivity index (χ0n) is 9.26. The maximum atomic E-state index is 11.5. The van der Waals surface area contributed by atoms with Crippen molar-refractivity contribution in [2.75, 3.05) is 5.75 Å². The number of amides is 1. The topological polar surface area (TPSA) is 69.6 Å². The van der Waals surface area contributed by atoms with Crippen molar-refractivity contribution >= 4 is 18.5 Å². The number of carbonyl (C=O) groups is 1. The smallest absolute Gasteiger partial charge is 0.251 e. The lowest BCUT2D eigenvalue weighted by molar-refractivity contribution is 0.0172.